The zero-order chi connectivity index (χ0) is 19.6. The molecule has 0 saturated carbocycles. The summed E-state index contributed by atoms with van der Waals surface area (Å²) in [5, 5.41) is 15.3. The van der Waals surface area contributed by atoms with Crippen molar-refractivity contribution in [3.05, 3.63) is 30.2 Å². The Morgan fingerprint density at radius 1 is 1.21 bits per heavy atom. The number of aliphatic imine (C=N–C) groups is 1. The Hall–Kier alpha value is -1.42. The second-order valence-corrected chi connectivity index (χ2v) is 7.57. The average Bonchev–Trinajstić information content (AvgIpc) is 3.13. The zero-order valence-corrected chi connectivity index (χ0v) is 20.1. The topological polar surface area (TPSA) is 69.8 Å². The maximum Gasteiger partial charge on any atom is 0.191 e. The quantitative estimate of drug-likeness (QED) is 0.234. The first-order valence-corrected chi connectivity index (χ1v) is 10.8. The van der Waals surface area contributed by atoms with Gasteiger partial charge in [0, 0.05) is 44.8 Å². The molecule has 1 aliphatic heterocycles. The van der Waals surface area contributed by atoms with Gasteiger partial charge < -0.3 is 15.5 Å². The van der Waals surface area contributed by atoms with Gasteiger partial charge in [-0.05, 0) is 58.2 Å². The fraction of sp³-hybridized carbons (Fsp3) is 0.667. The van der Waals surface area contributed by atoms with Crippen molar-refractivity contribution >= 4 is 35.6 Å². The predicted octanol–water partition coefficient (Wildman–Crippen LogP) is 3.10. The van der Waals surface area contributed by atoms with Crippen molar-refractivity contribution in [3.63, 3.8) is 0 Å². The van der Waals surface area contributed by atoms with Crippen LogP contribution in [0.4, 0.5) is 0 Å². The lowest BCUT2D eigenvalue weighted by molar-refractivity contribution is 0.159. The smallest absolute Gasteiger partial charge is 0.191 e. The molecule has 29 heavy (non-hydrogen) atoms. The second-order valence-electron chi connectivity index (χ2n) is 7.57. The number of piperidine rings is 1. The van der Waals surface area contributed by atoms with Crippen LogP contribution in [-0.4, -0.2) is 64.2 Å². The van der Waals surface area contributed by atoms with E-state index in [1.807, 2.05) is 24.4 Å². The van der Waals surface area contributed by atoms with Gasteiger partial charge in [-0.2, -0.15) is 0 Å². The Bertz CT molecular complexity index is 745. The average molecular weight is 513 g/mol. The molecule has 0 spiro atoms. The van der Waals surface area contributed by atoms with E-state index in [9.17, 15) is 0 Å². The molecule has 3 heterocycles. The lowest BCUT2D eigenvalue weighted by Crippen LogP contribution is -2.41. The third kappa shape index (κ3) is 7.40. The monoisotopic (exact) mass is 513 g/mol. The van der Waals surface area contributed by atoms with E-state index in [0.717, 1.165) is 62.4 Å². The number of aryl methyl sites for hydroxylation is 1. The molecule has 0 aliphatic carbocycles. The molecule has 162 valence electrons. The van der Waals surface area contributed by atoms with Crippen molar-refractivity contribution in [2.45, 2.75) is 58.4 Å². The fourth-order valence-corrected chi connectivity index (χ4v) is 3.81. The molecule has 0 radical (unpaired) electrons. The van der Waals surface area contributed by atoms with Crippen LogP contribution in [0.25, 0.3) is 5.65 Å². The second kappa shape index (κ2) is 13.0. The van der Waals surface area contributed by atoms with Crippen LogP contribution in [0.5, 0.6) is 0 Å². The molecular formula is C21H36IN7. The summed E-state index contributed by atoms with van der Waals surface area (Å²) in [7, 11) is 0. The van der Waals surface area contributed by atoms with Gasteiger partial charge in [0.2, 0.25) is 0 Å². The van der Waals surface area contributed by atoms with E-state index in [1.165, 1.54) is 32.4 Å². The lowest BCUT2D eigenvalue weighted by atomic mass is 10.0. The maximum atomic E-state index is 4.72. The summed E-state index contributed by atoms with van der Waals surface area (Å²) in [6.45, 7) is 9.51. The number of halogens is 1. The van der Waals surface area contributed by atoms with Crippen molar-refractivity contribution in [2.24, 2.45) is 4.99 Å². The van der Waals surface area contributed by atoms with Crippen LogP contribution in [0.15, 0.2) is 29.4 Å². The number of rotatable bonds is 9. The van der Waals surface area contributed by atoms with Gasteiger partial charge in [0.1, 0.15) is 5.82 Å². The lowest BCUT2D eigenvalue weighted by Gasteiger charge is -2.33. The van der Waals surface area contributed by atoms with Gasteiger partial charge in [-0.15, -0.1) is 34.2 Å². The first kappa shape index (κ1) is 23.9. The number of fused-ring (bicyclic) bond motifs is 1. The third-order valence-corrected chi connectivity index (χ3v) is 5.41. The fourth-order valence-electron chi connectivity index (χ4n) is 3.81. The highest BCUT2D eigenvalue weighted by atomic mass is 127. The SMILES string of the molecule is CCNC(=NCCCc1nnc2ccccn12)NCCCN1CCCCC1C.I. The van der Waals surface area contributed by atoms with E-state index in [0.29, 0.717) is 0 Å². The van der Waals surface area contributed by atoms with E-state index in [2.05, 4.69) is 44.0 Å². The number of likely N-dealkylation sites (tertiary alicyclic amines) is 1. The van der Waals surface area contributed by atoms with Gasteiger partial charge in [0.05, 0.1) is 0 Å². The van der Waals surface area contributed by atoms with Gasteiger partial charge in [-0.3, -0.25) is 9.39 Å². The third-order valence-electron chi connectivity index (χ3n) is 5.41. The van der Waals surface area contributed by atoms with Gasteiger partial charge in [-0.25, -0.2) is 0 Å². The van der Waals surface area contributed by atoms with Gasteiger partial charge >= 0.3 is 0 Å². The largest absolute Gasteiger partial charge is 0.357 e. The molecule has 0 amide bonds. The van der Waals surface area contributed by atoms with Crippen LogP contribution in [-0.2, 0) is 6.42 Å². The van der Waals surface area contributed by atoms with Crippen LogP contribution >= 0.6 is 24.0 Å². The molecule has 1 atom stereocenters. The molecule has 1 unspecified atom stereocenters. The Labute approximate surface area is 191 Å². The summed E-state index contributed by atoms with van der Waals surface area (Å²) in [5.74, 6) is 1.92. The van der Waals surface area contributed by atoms with Gasteiger partial charge in [0.25, 0.3) is 0 Å². The molecule has 2 N–H and O–H groups in total. The minimum atomic E-state index is 0. The number of aromatic nitrogens is 3. The van der Waals surface area contributed by atoms with Gasteiger partial charge in [-0.1, -0.05) is 12.5 Å². The van der Waals surface area contributed by atoms with Gasteiger partial charge in [0.15, 0.2) is 11.6 Å². The van der Waals surface area contributed by atoms with E-state index in [-0.39, 0.29) is 24.0 Å². The Morgan fingerprint density at radius 2 is 2.10 bits per heavy atom. The predicted molar refractivity (Wildman–Crippen MR) is 130 cm³/mol. The summed E-state index contributed by atoms with van der Waals surface area (Å²) in [5.41, 5.74) is 0.902. The molecule has 2 aromatic heterocycles. The number of hydrogen-bond acceptors (Lipinski definition) is 4. The van der Waals surface area contributed by atoms with Crippen molar-refractivity contribution in [3.8, 4) is 0 Å². The van der Waals surface area contributed by atoms with E-state index < -0.39 is 0 Å². The summed E-state index contributed by atoms with van der Waals surface area (Å²) in [4.78, 5) is 7.34. The molecule has 1 saturated heterocycles. The normalized spacial score (nSPS) is 17.9. The number of nitrogens with zero attached hydrogens (tertiary/aromatic N) is 5. The molecule has 1 aliphatic rings. The Balaban J connectivity index is 0.00000300. The molecule has 1 fully saturated rings. The molecule has 0 aromatic carbocycles. The van der Waals surface area contributed by atoms with E-state index in [4.69, 9.17) is 4.99 Å². The van der Waals surface area contributed by atoms with Crippen molar-refractivity contribution < 1.29 is 0 Å². The van der Waals surface area contributed by atoms with Crippen molar-refractivity contribution in [2.75, 3.05) is 32.7 Å². The Morgan fingerprint density at radius 3 is 2.93 bits per heavy atom. The molecule has 2 aromatic rings. The molecule has 3 rings (SSSR count). The number of hydrogen-bond donors (Lipinski definition) is 2. The first-order valence-electron chi connectivity index (χ1n) is 10.8. The van der Waals surface area contributed by atoms with Crippen LogP contribution in [0.3, 0.4) is 0 Å². The summed E-state index contributed by atoms with van der Waals surface area (Å²) in [6, 6.07) is 6.71. The highest BCUT2D eigenvalue weighted by Gasteiger charge is 2.17. The van der Waals surface area contributed by atoms with Crippen LogP contribution in [0.2, 0.25) is 0 Å². The molecule has 0 bridgehead atoms. The van der Waals surface area contributed by atoms with Crippen LogP contribution in [0, 0.1) is 0 Å². The van der Waals surface area contributed by atoms with E-state index in [1.54, 1.807) is 0 Å². The summed E-state index contributed by atoms with van der Waals surface area (Å²) < 4.78 is 2.05. The first-order chi connectivity index (χ1) is 13.8. The molecule has 7 nitrogen and oxygen atoms in total. The van der Waals surface area contributed by atoms with Crippen molar-refractivity contribution in [1.29, 1.82) is 0 Å². The highest BCUT2D eigenvalue weighted by molar-refractivity contribution is 14.0. The minimum absolute atomic E-state index is 0. The summed E-state index contributed by atoms with van der Waals surface area (Å²) >= 11 is 0. The number of nitrogens with one attached hydrogen (secondary N) is 2. The van der Waals surface area contributed by atoms with E-state index >= 15 is 0 Å². The Kier molecular flexibility index (Phi) is 10.7. The maximum absolute atomic E-state index is 4.72. The highest BCUT2D eigenvalue weighted by Crippen LogP contribution is 2.16. The minimum Gasteiger partial charge on any atom is -0.357 e. The standard InChI is InChI=1S/C21H35N7.HI/c1-3-22-21(24-14-9-16-27-15-6-4-10-18(27)2)23-13-8-12-20-26-25-19-11-5-7-17-28(19)20;/h5,7,11,17-18H,3-4,6,8-10,12-16H2,1-2H3,(H2,22,23,24);1H. The molecular weight excluding hydrogens is 477 g/mol. The van der Waals surface area contributed by atoms with Crippen molar-refractivity contribution in [1.82, 2.24) is 30.1 Å². The number of pyridine rings is 1. The zero-order valence-electron chi connectivity index (χ0n) is 17.8. The summed E-state index contributed by atoms with van der Waals surface area (Å²) in [6.07, 6.45) is 9.08. The number of guanidine groups is 1. The molecule has 8 heteroatoms. The van der Waals surface area contributed by atoms with Crippen LogP contribution in [0.1, 0.15) is 51.8 Å². The van der Waals surface area contributed by atoms with Crippen LogP contribution < -0.4 is 10.6 Å².